The zero-order chi connectivity index (χ0) is 16.0. The Morgan fingerprint density at radius 2 is 2.13 bits per heavy atom. The summed E-state index contributed by atoms with van der Waals surface area (Å²) in [5.41, 5.74) is 3.92. The second-order valence-electron chi connectivity index (χ2n) is 6.16. The van der Waals surface area contributed by atoms with Crippen molar-refractivity contribution in [2.24, 2.45) is 0 Å². The van der Waals surface area contributed by atoms with Crippen molar-refractivity contribution in [3.63, 3.8) is 0 Å². The SMILES string of the molecule is O=C(O)c1cnc(N2CCc3[nH]nc(C4CC4)c3CC2)c(Cl)c1. The van der Waals surface area contributed by atoms with Crippen molar-refractivity contribution in [3.05, 3.63) is 39.8 Å². The topological polar surface area (TPSA) is 82.1 Å². The fourth-order valence-corrected chi connectivity index (χ4v) is 3.48. The van der Waals surface area contributed by atoms with Crippen LogP contribution in [0.1, 0.15) is 46.1 Å². The highest BCUT2D eigenvalue weighted by Crippen LogP contribution is 2.42. The van der Waals surface area contributed by atoms with Gasteiger partial charge in [0.25, 0.3) is 0 Å². The van der Waals surface area contributed by atoms with Crippen molar-refractivity contribution in [2.45, 2.75) is 31.6 Å². The normalized spacial score (nSPS) is 17.7. The fourth-order valence-electron chi connectivity index (χ4n) is 3.19. The molecule has 0 unspecified atom stereocenters. The van der Waals surface area contributed by atoms with Crippen LogP contribution < -0.4 is 4.90 Å². The Morgan fingerprint density at radius 3 is 2.83 bits per heavy atom. The third kappa shape index (κ3) is 2.67. The molecule has 0 saturated heterocycles. The lowest BCUT2D eigenvalue weighted by Crippen LogP contribution is -2.27. The number of carboxylic acid groups (broad SMARTS) is 1. The highest BCUT2D eigenvalue weighted by Gasteiger charge is 2.31. The van der Waals surface area contributed by atoms with Gasteiger partial charge in [0.2, 0.25) is 0 Å². The number of carbonyl (C=O) groups is 1. The minimum absolute atomic E-state index is 0.110. The van der Waals surface area contributed by atoms with Gasteiger partial charge >= 0.3 is 5.97 Å². The van der Waals surface area contributed by atoms with Crippen LogP contribution in [-0.2, 0) is 12.8 Å². The summed E-state index contributed by atoms with van der Waals surface area (Å²) in [5.74, 6) is 0.276. The monoisotopic (exact) mass is 332 g/mol. The molecule has 2 N–H and O–H groups in total. The summed E-state index contributed by atoms with van der Waals surface area (Å²) in [7, 11) is 0. The number of nitrogens with zero attached hydrogens (tertiary/aromatic N) is 3. The minimum Gasteiger partial charge on any atom is -0.478 e. The van der Waals surface area contributed by atoms with Gasteiger partial charge in [-0.05, 0) is 30.9 Å². The standard InChI is InChI=1S/C16H17ClN4O2/c17-12-7-10(16(22)23)8-18-15(12)21-5-3-11-13(4-6-21)19-20-14(11)9-1-2-9/h7-9H,1-6H2,(H,19,20)(H,22,23). The predicted molar refractivity (Wildman–Crippen MR) is 86.4 cm³/mol. The first kappa shape index (κ1) is 14.5. The third-order valence-corrected chi connectivity index (χ3v) is 4.86. The highest BCUT2D eigenvalue weighted by molar-refractivity contribution is 6.33. The molecule has 1 aliphatic heterocycles. The molecule has 4 rings (SSSR count). The van der Waals surface area contributed by atoms with Crippen LogP contribution in [0.5, 0.6) is 0 Å². The molecular formula is C16H17ClN4O2. The lowest BCUT2D eigenvalue weighted by molar-refractivity contribution is 0.0696. The number of anilines is 1. The summed E-state index contributed by atoms with van der Waals surface area (Å²) >= 11 is 6.25. The average Bonchev–Trinajstić information content (AvgIpc) is 3.33. The van der Waals surface area contributed by atoms with E-state index in [1.54, 1.807) is 0 Å². The number of pyridine rings is 1. The van der Waals surface area contributed by atoms with E-state index in [0.29, 0.717) is 16.8 Å². The molecule has 0 aromatic carbocycles. The van der Waals surface area contributed by atoms with Gasteiger partial charge in [-0.1, -0.05) is 11.6 Å². The van der Waals surface area contributed by atoms with Crippen molar-refractivity contribution < 1.29 is 9.90 Å². The molecule has 0 radical (unpaired) electrons. The van der Waals surface area contributed by atoms with Gasteiger partial charge in [-0.25, -0.2) is 9.78 Å². The number of aromatic nitrogens is 3. The van der Waals surface area contributed by atoms with Crippen LogP contribution in [0.25, 0.3) is 0 Å². The van der Waals surface area contributed by atoms with Crippen molar-refractivity contribution in [2.75, 3.05) is 18.0 Å². The Hall–Kier alpha value is -2.08. The van der Waals surface area contributed by atoms with Crippen molar-refractivity contribution in [1.82, 2.24) is 15.2 Å². The molecule has 0 spiro atoms. The molecule has 0 bridgehead atoms. The largest absolute Gasteiger partial charge is 0.478 e. The Labute approximate surface area is 138 Å². The Kier molecular flexibility index (Phi) is 3.49. The fraction of sp³-hybridized carbons (Fsp3) is 0.438. The molecule has 1 aliphatic carbocycles. The molecule has 2 aliphatic rings. The second-order valence-corrected chi connectivity index (χ2v) is 6.57. The maximum absolute atomic E-state index is 11.0. The number of halogens is 1. The Balaban J connectivity index is 1.57. The summed E-state index contributed by atoms with van der Waals surface area (Å²) < 4.78 is 0. The van der Waals surface area contributed by atoms with E-state index in [1.807, 2.05) is 0 Å². The number of hydrogen-bond acceptors (Lipinski definition) is 4. The van der Waals surface area contributed by atoms with Gasteiger partial charge in [-0.2, -0.15) is 5.10 Å². The maximum atomic E-state index is 11.0. The molecule has 23 heavy (non-hydrogen) atoms. The van der Waals surface area contributed by atoms with E-state index < -0.39 is 5.97 Å². The molecule has 0 atom stereocenters. The first-order chi connectivity index (χ1) is 11.1. The van der Waals surface area contributed by atoms with Crippen LogP contribution in [-0.4, -0.2) is 39.3 Å². The molecule has 2 aromatic heterocycles. The number of nitrogens with one attached hydrogen (secondary N) is 1. The van der Waals surface area contributed by atoms with E-state index in [-0.39, 0.29) is 5.56 Å². The molecule has 7 heteroatoms. The van der Waals surface area contributed by atoms with E-state index in [0.717, 1.165) is 25.9 Å². The van der Waals surface area contributed by atoms with Crippen LogP contribution >= 0.6 is 11.6 Å². The predicted octanol–water partition coefficient (Wildman–Crippen LogP) is 2.64. The zero-order valence-corrected chi connectivity index (χ0v) is 13.3. The maximum Gasteiger partial charge on any atom is 0.337 e. The molecule has 2 aromatic rings. The van der Waals surface area contributed by atoms with Gasteiger partial charge in [0.05, 0.1) is 16.3 Å². The third-order valence-electron chi connectivity index (χ3n) is 4.58. The first-order valence-corrected chi connectivity index (χ1v) is 8.21. The molecule has 1 saturated carbocycles. The van der Waals surface area contributed by atoms with Crippen LogP contribution in [0.15, 0.2) is 12.3 Å². The Morgan fingerprint density at radius 1 is 1.35 bits per heavy atom. The van der Waals surface area contributed by atoms with E-state index >= 15 is 0 Å². The van der Waals surface area contributed by atoms with E-state index in [4.69, 9.17) is 16.7 Å². The highest BCUT2D eigenvalue weighted by atomic mass is 35.5. The molecule has 1 fully saturated rings. The number of carboxylic acids is 1. The van der Waals surface area contributed by atoms with Gasteiger partial charge in [0.1, 0.15) is 5.82 Å². The molecular weight excluding hydrogens is 316 g/mol. The van der Waals surface area contributed by atoms with Crippen molar-refractivity contribution in [3.8, 4) is 0 Å². The van der Waals surface area contributed by atoms with Crippen molar-refractivity contribution >= 4 is 23.4 Å². The van der Waals surface area contributed by atoms with E-state index in [2.05, 4.69) is 20.1 Å². The number of hydrogen-bond donors (Lipinski definition) is 2. The zero-order valence-electron chi connectivity index (χ0n) is 12.5. The molecule has 6 nitrogen and oxygen atoms in total. The first-order valence-electron chi connectivity index (χ1n) is 7.83. The van der Waals surface area contributed by atoms with Gasteiger partial charge < -0.3 is 10.0 Å². The number of rotatable bonds is 3. The average molecular weight is 333 g/mol. The minimum atomic E-state index is -1.02. The number of aromatic carboxylic acids is 1. The quantitative estimate of drug-likeness (QED) is 0.903. The number of aromatic amines is 1. The molecule has 3 heterocycles. The summed E-state index contributed by atoms with van der Waals surface area (Å²) in [6, 6.07) is 1.47. The van der Waals surface area contributed by atoms with Gasteiger partial charge in [-0.15, -0.1) is 0 Å². The number of fused-ring (bicyclic) bond motifs is 1. The van der Waals surface area contributed by atoms with E-state index in [9.17, 15) is 4.79 Å². The van der Waals surface area contributed by atoms with E-state index in [1.165, 1.54) is 42.1 Å². The second kappa shape index (κ2) is 5.53. The molecule has 0 amide bonds. The summed E-state index contributed by atoms with van der Waals surface area (Å²) in [5, 5.41) is 17.1. The van der Waals surface area contributed by atoms with Crippen molar-refractivity contribution in [1.29, 1.82) is 0 Å². The van der Waals surface area contributed by atoms with Crippen LogP contribution in [0.4, 0.5) is 5.82 Å². The summed E-state index contributed by atoms with van der Waals surface area (Å²) in [6.45, 7) is 1.60. The summed E-state index contributed by atoms with van der Waals surface area (Å²) in [6.07, 6.45) is 5.63. The van der Waals surface area contributed by atoms with Crippen LogP contribution in [0, 0.1) is 0 Å². The van der Waals surface area contributed by atoms with Crippen LogP contribution in [0.3, 0.4) is 0 Å². The van der Waals surface area contributed by atoms with Crippen LogP contribution in [0.2, 0.25) is 5.02 Å². The summed E-state index contributed by atoms with van der Waals surface area (Å²) in [4.78, 5) is 17.4. The Bertz CT molecular complexity index is 769. The molecule has 120 valence electrons. The smallest absolute Gasteiger partial charge is 0.337 e. The van der Waals surface area contributed by atoms with Gasteiger partial charge in [0, 0.05) is 37.3 Å². The van der Waals surface area contributed by atoms with Gasteiger partial charge in [-0.3, -0.25) is 5.10 Å². The number of H-pyrrole nitrogens is 1. The van der Waals surface area contributed by atoms with Gasteiger partial charge in [0.15, 0.2) is 0 Å². The lowest BCUT2D eigenvalue weighted by Gasteiger charge is -2.22. The lowest BCUT2D eigenvalue weighted by atomic mass is 10.1.